The number of ether oxygens (including phenoxy) is 2. The molecule has 0 saturated carbocycles. The molecule has 1 aliphatic rings. The molecule has 1 saturated heterocycles. The van der Waals surface area contributed by atoms with Gasteiger partial charge in [0.15, 0.2) is 18.2 Å². The van der Waals surface area contributed by atoms with Crippen molar-refractivity contribution in [1.82, 2.24) is 0 Å². The highest BCUT2D eigenvalue weighted by atomic mass is 16.7. The number of rotatable bonds is 2. The van der Waals surface area contributed by atoms with Gasteiger partial charge in [-0.15, -0.1) is 0 Å². The molecule has 1 fully saturated rings. The van der Waals surface area contributed by atoms with Crippen LogP contribution >= 0.6 is 0 Å². The quantitative estimate of drug-likeness (QED) is 0.453. The summed E-state index contributed by atoms with van der Waals surface area (Å²) >= 11 is 0. The lowest BCUT2D eigenvalue weighted by molar-refractivity contribution is -0.247. The van der Waals surface area contributed by atoms with Crippen molar-refractivity contribution < 1.29 is 29.6 Å². The van der Waals surface area contributed by atoms with Gasteiger partial charge in [0.2, 0.25) is 0 Å². The fraction of sp³-hybridized carbons (Fsp3) is 0.857. The largest absolute Gasteiger partial charge is 0.394 e. The number of Topliss-reactive ketones (excluding diaryl/α,β-unsaturated/α-hetero) is 1. The van der Waals surface area contributed by atoms with Crippen LogP contribution in [0, 0.1) is 0 Å². The van der Waals surface area contributed by atoms with E-state index in [2.05, 4.69) is 4.74 Å². The van der Waals surface area contributed by atoms with E-state index in [1.54, 1.807) is 0 Å². The van der Waals surface area contributed by atoms with Crippen LogP contribution in [0.5, 0.6) is 0 Å². The van der Waals surface area contributed by atoms with Crippen molar-refractivity contribution in [1.29, 1.82) is 0 Å². The number of hydrogen-bond acceptors (Lipinski definition) is 6. The minimum absolute atomic E-state index is 0.501. The highest BCUT2D eigenvalue weighted by Crippen LogP contribution is 2.17. The van der Waals surface area contributed by atoms with Crippen LogP contribution in [0.15, 0.2) is 0 Å². The van der Waals surface area contributed by atoms with Gasteiger partial charge in [-0.1, -0.05) is 0 Å². The molecule has 13 heavy (non-hydrogen) atoms. The molecular weight excluding hydrogens is 180 g/mol. The Kier molecular flexibility index (Phi) is 3.34. The summed E-state index contributed by atoms with van der Waals surface area (Å²) in [6, 6.07) is 0. The number of hydrogen-bond donors (Lipinski definition) is 3. The molecule has 4 atom stereocenters. The molecule has 3 N–H and O–H groups in total. The molecule has 2 unspecified atom stereocenters. The second-order valence-corrected chi connectivity index (χ2v) is 2.75. The summed E-state index contributed by atoms with van der Waals surface area (Å²) in [5.74, 6) is -0.794. The third kappa shape index (κ3) is 1.87. The van der Waals surface area contributed by atoms with Gasteiger partial charge >= 0.3 is 0 Å². The van der Waals surface area contributed by atoms with E-state index in [-0.39, 0.29) is 0 Å². The summed E-state index contributed by atoms with van der Waals surface area (Å²) in [6.45, 7) is -0.501. The van der Waals surface area contributed by atoms with E-state index >= 15 is 0 Å². The zero-order valence-electron chi connectivity index (χ0n) is 7.08. The van der Waals surface area contributed by atoms with Crippen molar-refractivity contribution in [3.05, 3.63) is 0 Å². The first-order valence-corrected chi connectivity index (χ1v) is 3.80. The SMILES string of the molecule is COC1O[C@H](CO)[C@@H](O)C(=O)C1O. The lowest BCUT2D eigenvalue weighted by Crippen LogP contribution is -2.56. The molecule has 0 aliphatic carbocycles. The molecule has 0 aromatic rings. The van der Waals surface area contributed by atoms with Gasteiger partial charge in [0, 0.05) is 7.11 Å². The van der Waals surface area contributed by atoms with Crippen LogP contribution in [-0.2, 0) is 14.3 Å². The summed E-state index contributed by atoms with van der Waals surface area (Å²) in [5, 5.41) is 27.1. The van der Waals surface area contributed by atoms with Gasteiger partial charge in [0.05, 0.1) is 6.61 Å². The van der Waals surface area contributed by atoms with Gasteiger partial charge in [-0.25, -0.2) is 0 Å². The van der Waals surface area contributed by atoms with Crippen molar-refractivity contribution in [2.24, 2.45) is 0 Å². The average molecular weight is 192 g/mol. The van der Waals surface area contributed by atoms with Gasteiger partial charge < -0.3 is 24.8 Å². The second-order valence-electron chi connectivity index (χ2n) is 2.75. The van der Waals surface area contributed by atoms with Crippen molar-refractivity contribution >= 4 is 5.78 Å². The number of aliphatic hydroxyl groups excluding tert-OH is 3. The summed E-state index contributed by atoms with van der Waals surface area (Å²) in [5.41, 5.74) is 0. The molecule has 1 rings (SSSR count). The Morgan fingerprint density at radius 3 is 2.54 bits per heavy atom. The van der Waals surface area contributed by atoms with Crippen LogP contribution in [0.2, 0.25) is 0 Å². The van der Waals surface area contributed by atoms with Crippen molar-refractivity contribution in [2.45, 2.75) is 24.6 Å². The molecular formula is C7H12O6. The van der Waals surface area contributed by atoms with E-state index in [1.807, 2.05) is 0 Å². The van der Waals surface area contributed by atoms with E-state index in [0.717, 1.165) is 0 Å². The van der Waals surface area contributed by atoms with Gasteiger partial charge in [0.25, 0.3) is 0 Å². The minimum Gasteiger partial charge on any atom is -0.394 e. The summed E-state index contributed by atoms with van der Waals surface area (Å²) in [6.07, 6.45) is -5.14. The highest BCUT2D eigenvalue weighted by Gasteiger charge is 2.43. The van der Waals surface area contributed by atoms with E-state index in [4.69, 9.17) is 9.84 Å². The molecule has 1 heterocycles. The first-order chi connectivity index (χ1) is 6.11. The number of methoxy groups -OCH3 is 1. The summed E-state index contributed by atoms with van der Waals surface area (Å²) in [4.78, 5) is 11.1. The zero-order valence-corrected chi connectivity index (χ0v) is 7.08. The van der Waals surface area contributed by atoms with E-state index < -0.39 is 37.0 Å². The number of carbonyl (C=O) groups excluding carboxylic acids is 1. The van der Waals surface area contributed by atoms with Crippen molar-refractivity contribution in [3.63, 3.8) is 0 Å². The predicted octanol–water partition coefficient (Wildman–Crippen LogP) is -2.36. The maximum absolute atomic E-state index is 11.1. The lowest BCUT2D eigenvalue weighted by atomic mass is 10.0. The van der Waals surface area contributed by atoms with Gasteiger partial charge in [-0.05, 0) is 0 Å². The van der Waals surface area contributed by atoms with Gasteiger partial charge in [-0.3, -0.25) is 4.79 Å². The molecule has 6 nitrogen and oxygen atoms in total. The van der Waals surface area contributed by atoms with Crippen LogP contribution in [-0.4, -0.2) is 59.4 Å². The normalized spacial score (nSPS) is 40.8. The molecule has 0 radical (unpaired) electrons. The molecule has 6 heteroatoms. The fourth-order valence-electron chi connectivity index (χ4n) is 1.14. The molecule has 1 aliphatic heterocycles. The third-order valence-electron chi connectivity index (χ3n) is 1.91. The first kappa shape index (κ1) is 10.6. The Labute approximate surface area is 74.7 Å². The average Bonchev–Trinajstić information content (AvgIpc) is 2.15. The number of ketones is 1. The van der Waals surface area contributed by atoms with Crippen LogP contribution in [0.4, 0.5) is 0 Å². The van der Waals surface area contributed by atoms with Crippen LogP contribution in [0.3, 0.4) is 0 Å². The van der Waals surface area contributed by atoms with E-state index in [1.165, 1.54) is 7.11 Å². The predicted molar refractivity (Wildman–Crippen MR) is 39.8 cm³/mol. The zero-order chi connectivity index (χ0) is 10.0. The first-order valence-electron chi connectivity index (χ1n) is 3.80. The van der Waals surface area contributed by atoms with Crippen molar-refractivity contribution in [2.75, 3.05) is 13.7 Å². The Balaban J connectivity index is 2.72. The topological polar surface area (TPSA) is 96.2 Å². The maximum atomic E-state index is 11.1. The van der Waals surface area contributed by atoms with Crippen LogP contribution in [0.1, 0.15) is 0 Å². The Morgan fingerprint density at radius 2 is 2.08 bits per heavy atom. The molecule has 0 bridgehead atoms. The van der Waals surface area contributed by atoms with Gasteiger partial charge in [-0.2, -0.15) is 0 Å². The third-order valence-corrected chi connectivity index (χ3v) is 1.91. The Morgan fingerprint density at radius 1 is 1.46 bits per heavy atom. The van der Waals surface area contributed by atoms with Crippen LogP contribution in [0.25, 0.3) is 0 Å². The summed E-state index contributed by atoms with van der Waals surface area (Å²) in [7, 11) is 1.26. The smallest absolute Gasteiger partial charge is 0.197 e. The monoisotopic (exact) mass is 192 g/mol. The van der Waals surface area contributed by atoms with E-state index in [9.17, 15) is 15.0 Å². The standard InChI is InChI=1S/C7H12O6/c1-12-7-6(11)5(10)4(9)3(2-8)13-7/h3-4,6-9,11H,2H2,1H3/t3-,4-,6?,7?/m1/s1. The fourth-order valence-corrected chi connectivity index (χ4v) is 1.14. The lowest BCUT2D eigenvalue weighted by Gasteiger charge is -2.34. The molecule has 0 amide bonds. The minimum atomic E-state index is -1.50. The molecule has 0 aromatic heterocycles. The number of aliphatic hydroxyl groups is 3. The second kappa shape index (κ2) is 4.12. The van der Waals surface area contributed by atoms with Gasteiger partial charge in [0.1, 0.15) is 12.2 Å². The van der Waals surface area contributed by atoms with Crippen LogP contribution < -0.4 is 0 Å². The highest BCUT2D eigenvalue weighted by molar-refractivity contribution is 5.88. The van der Waals surface area contributed by atoms with E-state index in [0.29, 0.717) is 0 Å². The molecule has 0 aromatic carbocycles. The Hall–Kier alpha value is -0.530. The Bertz CT molecular complexity index is 175. The molecule has 0 spiro atoms. The maximum Gasteiger partial charge on any atom is 0.197 e. The van der Waals surface area contributed by atoms with Crippen molar-refractivity contribution in [3.8, 4) is 0 Å². The number of carbonyl (C=O) groups is 1. The summed E-state index contributed by atoms with van der Waals surface area (Å²) < 4.78 is 9.53. The molecule has 76 valence electrons.